The molecule has 0 N–H and O–H groups in total. The van der Waals surface area contributed by atoms with E-state index in [2.05, 4.69) is 193 Å². The third-order valence-electron chi connectivity index (χ3n) is 9.51. The molecule has 50 heavy (non-hydrogen) atoms. The summed E-state index contributed by atoms with van der Waals surface area (Å²) >= 11 is 0. The van der Waals surface area contributed by atoms with Gasteiger partial charge >= 0.3 is 0 Å². The van der Waals surface area contributed by atoms with E-state index >= 15 is 0 Å². The molecule has 0 spiro atoms. The maximum atomic E-state index is 6.53. The second kappa shape index (κ2) is 12.8. The molecular formula is C48H33NO. The molecule has 0 saturated heterocycles. The fourth-order valence-corrected chi connectivity index (χ4v) is 7.04. The normalized spacial score (nSPS) is 11.2. The Morgan fingerprint density at radius 1 is 0.300 bits per heavy atom. The monoisotopic (exact) mass is 639 g/mol. The molecule has 9 aromatic rings. The molecule has 0 amide bonds. The van der Waals surface area contributed by atoms with Crippen LogP contribution < -0.4 is 4.90 Å². The minimum atomic E-state index is 0.900. The fraction of sp³-hybridized carbons (Fsp3) is 0. The summed E-state index contributed by atoms with van der Waals surface area (Å²) in [5, 5.41) is 2.26. The molecule has 2 nitrogen and oxygen atoms in total. The highest BCUT2D eigenvalue weighted by Crippen LogP contribution is 2.44. The van der Waals surface area contributed by atoms with Crippen LogP contribution in [-0.2, 0) is 0 Å². The maximum Gasteiger partial charge on any atom is 0.143 e. The molecular weight excluding hydrogens is 607 g/mol. The van der Waals surface area contributed by atoms with Gasteiger partial charge in [-0.3, -0.25) is 0 Å². The van der Waals surface area contributed by atoms with Gasteiger partial charge in [-0.05, 0) is 81.4 Å². The summed E-state index contributed by atoms with van der Waals surface area (Å²) in [4.78, 5) is 2.35. The van der Waals surface area contributed by atoms with E-state index in [0.717, 1.165) is 61.3 Å². The van der Waals surface area contributed by atoms with Gasteiger partial charge in [0.1, 0.15) is 11.2 Å². The number of hydrogen-bond donors (Lipinski definition) is 0. The van der Waals surface area contributed by atoms with Crippen LogP contribution in [0.3, 0.4) is 0 Å². The molecule has 0 bridgehead atoms. The van der Waals surface area contributed by atoms with Crippen molar-refractivity contribution in [2.24, 2.45) is 0 Å². The van der Waals surface area contributed by atoms with Crippen molar-refractivity contribution in [2.75, 3.05) is 4.90 Å². The lowest BCUT2D eigenvalue weighted by atomic mass is 9.92. The van der Waals surface area contributed by atoms with E-state index < -0.39 is 0 Å². The predicted octanol–water partition coefficient (Wildman–Crippen LogP) is 13.7. The number of anilines is 3. The van der Waals surface area contributed by atoms with Crippen molar-refractivity contribution < 1.29 is 4.42 Å². The van der Waals surface area contributed by atoms with Gasteiger partial charge in [-0.15, -0.1) is 0 Å². The quantitative estimate of drug-likeness (QED) is 0.173. The van der Waals surface area contributed by atoms with Crippen LogP contribution in [0.15, 0.2) is 205 Å². The van der Waals surface area contributed by atoms with Gasteiger partial charge in [0.15, 0.2) is 0 Å². The van der Waals surface area contributed by atoms with Gasteiger partial charge in [-0.1, -0.05) is 158 Å². The van der Waals surface area contributed by atoms with Crippen LogP contribution in [-0.4, -0.2) is 0 Å². The van der Waals surface area contributed by atoms with Crippen LogP contribution in [0.5, 0.6) is 0 Å². The Kier molecular flexibility index (Phi) is 7.53. The molecule has 0 saturated carbocycles. The van der Waals surface area contributed by atoms with Crippen molar-refractivity contribution in [2.45, 2.75) is 0 Å². The van der Waals surface area contributed by atoms with E-state index in [9.17, 15) is 0 Å². The third-order valence-corrected chi connectivity index (χ3v) is 9.51. The van der Waals surface area contributed by atoms with Crippen molar-refractivity contribution in [1.82, 2.24) is 0 Å². The Balaban J connectivity index is 1.22. The van der Waals surface area contributed by atoms with Crippen molar-refractivity contribution in [3.05, 3.63) is 200 Å². The number of fused-ring (bicyclic) bond motifs is 3. The highest BCUT2D eigenvalue weighted by molar-refractivity contribution is 6.10. The van der Waals surface area contributed by atoms with E-state index in [1.54, 1.807) is 0 Å². The summed E-state index contributed by atoms with van der Waals surface area (Å²) in [7, 11) is 0. The molecule has 9 rings (SSSR count). The number of hydrogen-bond acceptors (Lipinski definition) is 2. The van der Waals surface area contributed by atoms with E-state index in [-0.39, 0.29) is 0 Å². The largest absolute Gasteiger partial charge is 0.455 e. The van der Waals surface area contributed by atoms with Crippen molar-refractivity contribution >= 4 is 39.0 Å². The topological polar surface area (TPSA) is 16.4 Å². The Morgan fingerprint density at radius 2 is 0.780 bits per heavy atom. The highest BCUT2D eigenvalue weighted by atomic mass is 16.3. The van der Waals surface area contributed by atoms with Crippen molar-refractivity contribution in [3.8, 4) is 44.5 Å². The second-order valence-electron chi connectivity index (χ2n) is 12.5. The zero-order valence-corrected chi connectivity index (χ0v) is 27.4. The molecule has 0 aliphatic heterocycles. The first-order valence-electron chi connectivity index (χ1n) is 17.0. The molecule has 1 heterocycles. The van der Waals surface area contributed by atoms with Gasteiger partial charge in [0.05, 0.1) is 0 Å². The van der Waals surface area contributed by atoms with Crippen LogP contribution in [0.4, 0.5) is 17.1 Å². The first kappa shape index (κ1) is 29.5. The van der Waals surface area contributed by atoms with Gasteiger partial charge in [0.25, 0.3) is 0 Å². The SMILES string of the molecule is c1ccc(-c2ccc(N(c3ccc(-c4ccccc4)cc3)c3ccc(-c4cccc5c4oc4ccccc45)c(-c4ccccc4)c3)cc2)cc1. The minimum absolute atomic E-state index is 0.900. The van der Waals surface area contributed by atoms with E-state index in [1.807, 2.05) is 12.1 Å². The van der Waals surface area contributed by atoms with Crippen molar-refractivity contribution in [3.63, 3.8) is 0 Å². The summed E-state index contributed by atoms with van der Waals surface area (Å²) in [6.45, 7) is 0. The highest BCUT2D eigenvalue weighted by Gasteiger charge is 2.19. The average molecular weight is 640 g/mol. The number of rotatable bonds is 7. The first-order valence-corrected chi connectivity index (χ1v) is 17.0. The van der Waals surface area contributed by atoms with Gasteiger partial charge in [0.2, 0.25) is 0 Å². The molecule has 2 heteroatoms. The molecule has 236 valence electrons. The Labute approximate surface area is 292 Å². The van der Waals surface area contributed by atoms with Crippen LogP contribution in [0, 0.1) is 0 Å². The number of para-hydroxylation sites is 2. The van der Waals surface area contributed by atoms with Crippen LogP contribution >= 0.6 is 0 Å². The second-order valence-corrected chi connectivity index (χ2v) is 12.5. The van der Waals surface area contributed by atoms with Crippen LogP contribution in [0.2, 0.25) is 0 Å². The van der Waals surface area contributed by atoms with E-state index in [1.165, 1.54) is 22.3 Å². The number of benzene rings is 8. The van der Waals surface area contributed by atoms with Crippen LogP contribution in [0.1, 0.15) is 0 Å². The molecule has 1 aromatic heterocycles. The molecule has 0 aliphatic carbocycles. The lowest BCUT2D eigenvalue weighted by Gasteiger charge is -2.27. The third kappa shape index (κ3) is 5.43. The Hall–Kier alpha value is -6.64. The number of nitrogens with zero attached hydrogens (tertiary/aromatic N) is 1. The lowest BCUT2D eigenvalue weighted by Crippen LogP contribution is -2.10. The smallest absolute Gasteiger partial charge is 0.143 e. The standard InChI is InChI=1S/C48H33NO/c1-4-13-34(14-5-1)36-23-27-39(28-24-36)49(40-29-25-37(26-30-40)35-15-6-2-7-16-35)41-31-32-42(46(33-41)38-17-8-3-9-18-38)44-20-12-21-45-43-19-10-11-22-47(43)50-48(44)45/h1-33H. The number of furan rings is 1. The summed E-state index contributed by atoms with van der Waals surface area (Å²) in [6, 6.07) is 71.0. The van der Waals surface area contributed by atoms with Crippen molar-refractivity contribution in [1.29, 1.82) is 0 Å². The summed E-state index contributed by atoms with van der Waals surface area (Å²) in [5.74, 6) is 0. The molecule has 0 atom stereocenters. The zero-order chi connectivity index (χ0) is 33.3. The summed E-state index contributed by atoms with van der Waals surface area (Å²) in [5.41, 5.74) is 14.3. The predicted molar refractivity (Wildman–Crippen MR) is 210 cm³/mol. The fourth-order valence-electron chi connectivity index (χ4n) is 7.04. The Bertz CT molecular complexity index is 2470. The summed E-state index contributed by atoms with van der Waals surface area (Å²) in [6.07, 6.45) is 0. The van der Waals surface area contributed by atoms with Gasteiger partial charge in [-0.25, -0.2) is 0 Å². The maximum absolute atomic E-state index is 6.53. The van der Waals surface area contributed by atoms with E-state index in [0.29, 0.717) is 0 Å². The van der Waals surface area contributed by atoms with Crippen LogP contribution in [0.25, 0.3) is 66.4 Å². The minimum Gasteiger partial charge on any atom is -0.455 e. The molecule has 0 radical (unpaired) electrons. The summed E-state index contributed by atoms with van der Waals surface area (Å²) < 4.78 is 6.53. The Morgan fingerprint density at radius 3 is 1.38 bits per heavy atom. The van der Waals surface area contributed by atoms with Gasteiger partial charge < -0.3 is 9.32 Å². The average Bonchev–Trinajstić information content (AvgIpc) is 3.59. The van der Waals surface area contributed by atoms with E-state index in [4.69, 9.17) is 4.42 Å². The first-order chi connectivity index (χ1) is 24.8. The lowest BCUT2D eigenvalue weighted by molar-refractivity contribution is 0.670. The molecule has 0 unspecified atom stereocenters. The molecule has 8 aromatic carbocycles. The zero-order valence-electron chi connectivity index (χ0n) is 27.4. The van der Waals surface area contributed by atoms with Gasteiger partial charge in [0, 0.05) is 33.4 Å². The molecule has 0 aliphatic rings. The van der Waals surface area contributed by atoms with Gasteiger partial charge in [-0.2, -0.15) is 0 Å². The molecule has 0 fully saturated rings.